The van der Waals surface area contributed by atoms with Crippen LogP contribution in [0, 0.1) is 6.92 Å². The summed E-state index contributed by atoms with van der Waals surface area (Å²) in [5, 5.41) is 8.86. The van der Waals surface area contributed by atoms with Crippen LogP contribution in [0.2, 0.25) is 0 Å². The van der Waals surface area contributed by atoms with Gasteiger partial charge in [-0.05, 0) is 36.8 Å². The number of piperidine rings is 1. The van der Waals surface area contributed by atoms with Crippen LogP contribution >= 0.6 is 0 Å². The third-order valence-electron chi connectivity index (χ3n) is 5.03. The predicted molar refractivity (Wildman–Crippen MR) is 98.0 cm³/mol. The number of aryl methyl sites for hydroxylation is 1. The number of H-pyrrole nitrogens is 1. The fraction of sp³-hybridized carbons (Fsp3) is 0.316. The summed E-state index contributed by atoms with van der Waals surface area (Å²) in [4.78, 5) is 0.396. The zero-order chi connectivity index (χ0) is 17.4. The summed E-state index contributed by atoms with van der Waals surface area (Å²) < 4.78 is 28.2. The van der Waals surface area contributed by atoms with Gasteiger partial charge >= 0.3 is 0 Å². The molecule has 3 aromatic rings. The Balaban J connectivity index is 1.71. The van der Waals surface area contributed by atoms with Crippen molar-refractivity contribution in [3.63, 3.8) is 0 Å². The lowest BCUT2D eigenvalue weighted by molar-refractivity contribution is 0.312. The molecule has 1 aliphatic rings. The molecule has 1 saturated heterocycles. The Labute approximate surface area is 147 Å². The Kier molecular flexibility index (Phi) is 4.09. The minimum Gasteiger partial charge on any atom is -0.282 e. The van der Waals surface area contributed by atoms with Gasteiger partial charge in [-0.2, -0.15) is 9.40 Å². The first-order chi connectivity index (χ1) is 12.1. The monoisotopic (exact) mass is 355 g/mol. The Hall–Kier alpha value is -2.18. The maximum atomic E-state index is 13.3. The molecule has 1 aromatic heterocycles. The molecule has 0 spiro atoms. The zero-order valence-electron chi connectivity index (χ0n) is 14.1. The summed E-state index contributed by atoms with van der Waals surface area (Å²) in [5.74, 6) is 0.168. The number of fused-ring (bicyclic) bond motifs is 1. The first-order valence-corrected chi connectivity index (χ1v) is 9.99. The molecule has 0 unspecified atom stereocenters. The highest BCUT2D eigenvalue weighted by Crippen LogP contribution is 2.32. The van der Waals surface area contributed by atoms with Crippen molar-refractivity contribution in [1.82, 2.24) is 14.5 Å². The van der Waals surface area contributed by atoms with Gasteiger partial charge in [-0.3, -0.25) is 5.10 Å². The third kappa shape index (κ3) is 2.85. The van der Waals surface area contributed by atoms with Crippen LogP contribution in [-0.4, -0.2) is 36.0 Å². The molecule has 1 atom stereocenters. The lowest BCUT2D eigenvalue weighted by Crippen LogP contribution is -2.39. The fourth-order valence-electron chi connectivity index (χ4n) is 3.73. The Morgan fingerprint density at radius 1 is 1.16 bits per heavy atom. The van der Waals surface area contributed by atoms with Crippen LogP contribution in [0.15, 0.2) is 53.6 Å². The van der Waals surface area contributed by atoms with E-state index < -0.39 is 10.0 Å². The second kappa shape index (κ2) is 6.28. The molecule has 0 saturated carbocycles. The van der Waals surface area contributed by atoms with Crippen LogP contribution in [0.1, 0.15) is 30.0 Å². The van der Waals surface area contributed by atoms with E-state index in [0.717, 1.165) is 34.9 Å². The smallest absolute Gasteiger partial charge is 0.243 e. The zero-order valence-corrected chi connectivity index (χ0v) is 15.0. The minimum atomic E-state index is -3.53. The van der Waals surface area contributed by atoms with E-state index in [0.29, 0.717) is 18.0 Å². The van der Waals surface area contributed by atoms with Crippen LogP contribution in [0.4, 0.5) is 0 Å². The van der Waals surface area contributed by atoms with E-state index >= 15 is 0 Å². The van der Waals surface area contributed by atoms with Crippen molar-refractivity contribution in [3.05, 3.63) is 59.9 Å². The molecule has 6 heteroatoms. The normalized spacial score (nSPS) is 19.3. The van der Waals surface area contributed by atoms with Gasteiger partial charge in [0.05, 0.1) is 11.1 Å². The average molecular weight is 355 g/mol. The molecule has 0 amide bonds. The SMILES string of the molecule is Cc1cn[nH]c1[C@H]1CCCN(S(=O)(=O)c2cccc3ccccc23)C1. The topological polar surface area (TPSA) is 66.1 Å². The van der Waals surface area contributed by atoms with E-state index in [4.69, 9.17) is 0 Å². The van der Waals surface area contributed by atoms with Crippen LogP contribution in [0.5, 0.6) is 0 Å². The van der Waals surface area contributed by atoms with E-state index in [9.17, 15) is 8.42 Å². The highest BCUT2D eigenvalue weighted by molar-refractivity contribution is 7.89. The number of hydrogen-bond acceptors (Lipinski definition) is 3. The highest BCUT2D eigenvalue weighted by Gasteiger charge is 2.32. The largest absolute Gasteiger partial charge is 0.282 e. The second-order valence-corrected chi connectivity index (χ2v) is 8.55. The van der Waals surface area contributed by atoms with Gasteiger partial charge in [-0.1, -0.05) is 36.4 Å². The van der Waals surface area contributed by atoms with Crippen molar-refractivity contribution in [1.29, 1.82) is 0 Å². The average Bonchev–Trinajstić information content (AvgIpc) is 3.07. The van der Waals surface area contributed by atoms with Crippen molar-refractivity contribution >= 4 is 20.8 Å². The number of sulfonamides is 1. The van der Waals surface area contributed by atoms with Gasteiger partial charge in [0.25, 0.3) is 0 Å². The molecule has 0 aliphatic carbocycles. The van der Waals surface area contributed by atoms with Crippen LogP contribution in [0.3, 0.4) is 0 Å². The summed E-state index contributed by atoms with van der Waals surface area (Å²) in [6.45, 7) is 3.07. The van der Waals surface area contributed by atoms with Crippen LogP contribution in [-0.2, 0) is 10.0 Å². The van der Waals surface area contributed by atoms with E-state index in [1.54, 1.807) is 16.6 Å². The van der Waals surface area contributed by atoms with Crippen molar-refractivity contribution in [2.24, 2.45) is 0 Å². The molecule has 1 N–H and O–H groups in total. The number of aromatic amines is 1. The van der Waals surface area contributed by atoms with Gasteiger partial charge in [0.15, 0.2) is 0 Å². The second-order valence-electron chi connectivity index (χ2n) is 6.65. The fourth-order valence-corrected chi connectivity index (χ4v) is 5.46. The Morgan fingerprint density at radius 2 is 1.96 bits per heavy atom. The van der Waals surface area contributed by atoms with Gasteiger partial charge < -0.3 is 0 Å². The summed E-state index contributed by atoms with van der Waals surface area (Å²) in [6, 6.07) is 13.1. The molecule has 25 heavy (non-hydrogen) atoms. The summed E-state index contributed by atoms with van der Waals surface area (Å²) in [6.07, 6.45) is 3.63. The summed E-state index contributed by atoms with van der Waals surface area (Å²) in [7, 11) is -3.53. The lowest BCUT2D eigenvalue weighted by Gasteiger charge is -2.32. The van der Waals surface area contributed by atoms with Gasteiger partial charge in [0, 0.05) is 30.1 Å². The number of rotatable bonds is 3. The van der Waals surface area contributed by atoms with Crippen molar-refractivity contribution in [3.8, 4) is 0 Å². The molecule has 1 aliphatic heterocycles. The lowest BCUT2D eigenvalue weighted by atomic mass is 9.94. The van der Waals surface area contributed by atoms with E-state index in [1.807, 2.05) is 43.3 Å². The third-order valence-corrected chi connectivity index (χ3v) is 6.95. The number of hydrogen-bond donors (Lipinski definition) is 1. The molecule has 0 radical (unpaired) electrons. The van der Waals surface area contributed by atoms with Crippen molar-refractivity contribution < 1.29 is 8.42 Å². The van der Waals surface area contributed by atoms with Crippen LogP contribution < -0.4 is 0 Å². The predicted octanol–water partition coefficient (Wildman–Crippen LogP) is 3.44. The molecule has 2 aromatic carbocycles. The Bertz CT molecular complexity index is 1000. The summed E-state index contributed by atoms with van der Waals surface area (Å²) >= 11 is 0. The van der Waals surface area contributed by atoms with E-state index in [2.05, 4.69) is 10.2 Å². The molecule has 0 bridgehead atoms. The molecule has 130 valence electrons. The first kappa shape index (κ1) is 16.3. The molecule has 4 rings (SSSR count). The summed E-state index contributed by atoms with van der Waals surface area (Å²) in [5.41, 5.74) is 2.15. The molecule has 5 nitrogen and oxygen atoms in total. The van der Waals surface area contributed by atoms with E-state index in [1.165, 1.54) is 0 Å². The Morgan fingerprint density at radius 3 is 2.76 bits per heavy atom. The van der Waals surface area contributed by atoms with E-state index in [-0.39, 0.29) is 5.92 Å². The van der Waals surface area contributed by atoms with Gasteiger partial charge in [0.2, 0.25) is 10.0 Å². The number of aromatic nitrogens is 2. The number of nitrogens with one attached hydrogen (secondary N) is 1. The quantitative estimate of drug-likeness (QED) is 0.783. The molecular weight excluding hydrogens is 334 g/mol. The standard InChI is InChI=1S/C19H21N3O2S/c1-14-12-20-21-19(14)16-8-5-11-22(13-16)25(23,24)18-10-4-7-15-6-2-3-9-17(15)18/h2-4,6-7,9-10,12,16H,5,8,11,13H2,1H3,(H,20,21)/t16-/m0/s1. The van der Waals surface area contributed by atoms with Gasteiger partial charge in [0.1, 0.15) is 0 Å². The number of nitrogens with zero attached hydrogens (tertiary/aromatic N) is 2. The minimum absolute atomic E-state index is 0.168. The van der Waals surface area contributed by atoms with Gasteiger partial charge in [-0.25, -0.2) is 8.42 Å². The van der Waals surface area contributed by atoms with Crippen molar-refractivity contribution in [2.45, 2.75) is 30.6 Å². The van der Waals surface area contributed by atoms with Gasteiger partial charge in [-0.15, -0.1) is 0 Å². The van der Waals surface area contributed by atoms with Crippen molar-refractivity contribution in [2.75, 3.05) is 13.1 Å². The maximum absolute atomic E-state index is 13.3. The first-order valence-electron chi connectivity index (χ1n) is 8.55. The molecule has 1 fully saturated rings. The number of benzene rings is 2. The molecular formula is C19H21N3O2S. The van der Waals surface area contributed by atoms with Crippen LogP contribution in [0.25, 0.3) is 10.8 Å². The molecule has 2 heterocycles. The highest BCUT2D eigenvalue weighted by atomic mass is 32.2. The maximum Gasteiger partial charge on any atom is 0.243 e.